The zero-order valence-corrected chi connectivity index (χ0v) is 18.9. The topological polar surface area (TPSA) is 106 Å². The molecule has 0 saturated carbocycles. The lowest BCUT2D eigenvalue weighted by Crippen LogP contribution is -2.39. The second-order valence-corrected chi connectivity index (χ2v) is 8.49. The Morgan fingerprint density at radius 1 is 1.25 bits per heavy atom. The number of carbonyl (C=O) groups is 2. The van der Waals surface area contributed by atoms with Gasteiger partial charge in [-0.2, -0.15) is 4.52 Å². The molecule has 10 heteroatoms. The Morgan fingerprint density at radius 2 is 2.03 bits per heavy atom. The third kappa shape index (κ3) is 4.50. The number of rotatable bonds is 7. The molecule has 1 atom stereocenters. The van der Waals surface area contributed by atoms with Crippen molar-refractivity contribution in [2.45, 2.75) is 45.6 Å². The van der Waals surface area contributed by atoms with E-state index in [0.29, 0.717) is 40.9 Å². The first-order valence-corrected chi connectivity index (χ1v) is 11.6. The van der Waals surface area contributed by atoms with Crippen LogP contribution in [0.1, 0.15) is 49.2 Å². The number of hydrogen-bond acceptors (Lipinski definition) is 8. The lowest BCUT2D eigenvalue weighted by molar-refractivity contribution is -0.117. The van der Waals surface area contributed by atoms with E-state index >= 15 is 0 Å². The fourth-order valence-electron chi connectivity index (χ4n) is 3.74. The molecule has 9 nitrogen and oxygen atoms in total. The van der Waals surface area contributed by atoms with Crippen LogP contribution in [-0.2, 0) is 16.0 Å². The largest absolute Gasteiger partial charge is 0.462 e. The number of aromatic nitrogens is 3. The maximum Gasteiger partial charge on any atom is 0.338 e. The molecule has 1 unspecified atom stereocenters. The number of nitrogens with one attached hydrogen (secondary N) is 1. The van der Waals surface area contributed by atoms with Gasteiger partial charge in [0.15, 0.2) is 0 Å². The van der Waals surface area contributed by atoms with Crippen LogP contribution in [0.3, 0.4) is 0 Å². The van der Waals surface area contributed by atoms with E-state index in [0.717, 1.165) is 25.0 Å². The maximum absolute atomic E-state index is 13.0. The molecule has 1 N–H and O–H groups in total. The molecule has 1 amide bonds. The molecule has 1 saturated heterocycles. The zero-order valence-electron chi connectivity index (χ0n) is 18.0. The van der Waals surface area contributed by atoms with Gasteiger partial charge in [-0.1, -0.05) is 24.7 Å². The van der Waals surface area contributed by atoms with Gasteiger partial charge in [0.25, 0.3) is 5.56 Å². The molecule has 3 aromatic rings. The van der Waals surface area contributed by atoms with E-state index in [-0.39, 0.29) is 11.5 Å². The highest BCUT2D eigenvalue weighted by molar-refractivity contribution is 7.20. The van der Waals surface area contributed by atoms with Crippen LogP contribution in [0.2, 0.25) is 0 Å². The number of anilines is 2. The molecule has 0 radical (unpaired) electrons. The van der Waals surface area contributed by atoms with E-state index in [2.05, 4.69) is 15.4 Å². The fourth-order valence-corrected chi connectivity index (χ4v) is 4.75. The van der Waals surface area contributed by atoms with Crippen molar-refractivity contribution in [2.75, 3.05) is 23.4 Å². The van der Waals surface area contributed by atoms with E-state index in [1.807, 2.05) is 11.8 Å². The van der Waals surface area contributed by atoms with Crippen molar-refractivity contribution in [3.63, 3.8) is 0 Å². The monoisotopic (exact) mass is 455 g/mol. The summed E-state index contributed by atoms with van der Waals surface area (Å²) in [6, 6.07) is 7.73. The van der Waals surface area contributed by atoms with Crippen molar-refractivity contribution in [3.05, 3.63) is 51.9 Å². The number of carbonyl (C=O) groups excluding carboxylic acids is 2. The Morgan fingerprint density at radius 3 is 2.75 bits per heavy atom. The Hall–Kier alpha value is -3.27. The highest BCUT2D eigenvalue weighted by atomic mass is 32.1. The van der Waals surface area contributed by atoms with E-state index in [1.165, 1.54) is 21.9 Å². The Bertz CT molecular complexity index is 1190. The molecule has 2 aromatic heterocycles. The van der Waals surface area contributed by atoms with Gasteiger partial charge in [0.05, 0.1) is 12.2 Å². The van der Waals surface area contributed by atoms with E-state index in [9.17, 15) is 14.4 Å². The molecule has 1 fully saturated rings. The summed E-state index contributed by atoms with van der Waals surface area (Å²) >= 11 is 1.32. The second-order valence-electron chi connectivity index (χ2n) is 7.55. The van der Waals surface area contributed by atoms with Crippen molar-refractivity contribution < 1.29 is 14.3 Å². The van der Waals surface area contributed by atoms with Gasteiger partial charge in [0.2, 0.25) is 16.0 Å². The molecule has 1 aliphatic heterocycles. The van der Waals surface area contributed by atoms with Crippen LogP contribution in [0.4, 0.5) is 10.8 Å². The van der Waals surface area contributed by atoms with Gasteiger partial charge in [-0.25, -0.2) is 9.78 Å². The summed E-state index contributed by atoms with van der Waals surface area (Å²) in [6.07, 6.45) is 3.18. The van der Waals surface area contributed by atoms with Crippen LogP contribution in [0.15, 0.2) is 35.1 Å². The molecule has 1 aliphatic rings. The highest BCUT2D eigenvalue weighted by Crippen LogP contribution is 2.30. The normalized spacial score (nSPS) is 15.8. The Balaban J connectivity index is 1.51. The molecule has 1 aromatic carbocycles. The van der Waals surface area contributed by atoms with Crippen LogP contribution < -0.4 is 15.8 Å². The van der Waals surface area contributed by atoms with Crippen LogP contribution in [0.25, 0.3) is 4.96 Å². The average molecular weight is 456 g/mol. The van der Waals surface area contributed by atoms with Crippen molar-refractivity contribution in [3.8, 4) is 0 Å². The lowest BCUT2D eigenvalue weighted by atomic mass is 10.2. The predicted octanol–water partition coefficient (Wildman–Crippen LogP) is 2.89. The average Bonchev–Trinajstić information content (AvgIpc) is 3.42. The Labute approximate surface area is 189 Å². The zero-order chi connectivity index (χ0) is 22.7. The summed E-state index contributed by atoms with van der Waals surface area (Å²) < 4.78 is 6.29. The summed E-state index contributed by atoms with van der Waals surface area (Å²) in [6.45, 7) is 4.78. The van der Waals surface area contributed by atoms with Gasteiger partial charge >= 0.3 is 5.97 Å². The van der Waals surface area contributed by atoms with Crippen LogP contribution in [-0.4, -0.2) is 45.7 Å². The summed E-state index contributed by atoms with van der Waals surface area (Å²) in [5, 5.41) is 7.96. The smallest absolute Gasteiger partial charge is 0.338 e. The Kier molecular flexibility index (Phi) is 6.50. The minimum atomic E-state index is -0.397. The quantitative estimate of drug-likeness (QED) is 0.546. The molecule has 0 aliphatic carbocycles. The van der Waals surface area contributed by atoms with Gasteiger partial charge in [-0.05, 0) is 50.5 Å². The highest BCUT2D eigenvalue weighted by Gasteiger charge is 2.33. The molecule has 0 spiro atoms. The van der Waals surface area contributed by atoms with Gasteiger partial charge in [-0.15, -0.1) is 5.10 Å². The van der Waals surface area contributed by atoms with E-state index < -0.39 is 12.0 Å². The maximum atomic E-state index is 13.0. The number of ether oxygens (including phenoxy) is 1. The summed E-state index contributed by atoms with van der Waals surface area (Å²) in [5.74, 6) is -0.549. The standard InChI is InChI=1S/C22H25N5O4S/c1-3-6-16-13-18(28)27-21(24-16)32-22(25-27)26-12-5-7-17(26)19(29)23-15-10-8-14(9-11-15)20(30)31-4-2/h8-11,13,17H,3-7,12H2,1-2H3,(H,23,29). The summed E-state index contributed by atoms with van der Waals surface area (Å²) in [4.78, 5) is 44.2. The lowest BCUT2D eigenvalue weighted by Gasteiger charge is -2.22. The van der Waals surface area contributed by atoms with Crippen molar-refractivity contribution in [2.24, 2.45) is 0 Å². The van der Waals surface area contributed by atoms with Gasteiger partial charge < -0.3 is 15.0 Å². The second kappa shape index (κ2) is 9.47. The molecule has 168 valence electrons. The molecule has 4 rings (SSSR count). The number of fused-ring (bicyclic) bond motifs is 1. The van der Waals surface area contributed by atoms with Crippen molar-refractivity contribution >= 4 is 39.0 Å². The molecular weight excluding hydrogens is 430 g/mol. The number of esters is 1. The summed E-state index contributed by atoms with van der Waals surface area (Å²) in [7, 11) is 0. The van der Waals surface area contributed by atoms with Crippen LogP contribution in [0, 0.1) is 0 Å². The first kappa shape index (κ1) is 21.9. The molecular formula is C22H25N5O4S. The summed E-state index contributed by atoms with van der Waals surface area (Å²) in [5.41, 5.74) is 1.58. The number of amides is 1. The third-order valence-electron chi connectivity index (χ3n) is 5.26. The minimum absolute atomic E-state index is 0.155. The number of benzene rings is 1. The molecule has 0 bridgehead atoms. The predicted molar refractivity (Wildman–Crippen MR) is 123 cm³/mol. The minimum Gasteiger partial charge on any atom is -0.462 e. The first-order valence-electron chi connectivity index (χ1n) is 10.7. The molecule has 32 heavy (non-hydrogen) atoms. The van der Waals surface area contributed by atoms with Crippen LogP contribution >= 0.6 is 11.3 Å². The SMILES string of the molecule is CCCc1cc(=O)n2nc(N3CCCC3C(=O)Nc3ccc(C(=O)OCC)cc3)sc2n1. The first-order chi connectivity index (χ1) is 15.5. The van der Waals surface area contributed by atoms with Gasteiger partial charge in [0.1, 0.15) is 6.04 Å². The fraction of sp³-hybridized carbons (Fsp3) is 0.409. The van der Waals surface area contributed by atoms with Gasteiger partial charge in [0, 0.05) is 24.0 Å². The number of nitrogens with zero attached hydrogens (tertiary/aromatic N) is 4. The van der Waals surface area contributed by atoms with E-state index in [4.69, 9.17) is 4.74 Å². The number of aryl methyl sites for hydroxylation is 1. The van der Waals surface area contributed by atoms with Gasteiger partial charge in [-0.3, -0.25) is 9.59 Å². The third-order valence-corrected chi connectivity index (χ3v) is 6.20. The van der Waals surface area contributed by atoms with Crippen molar-refractivity contribution in [1.29, 1.82) is 0 Å². The van der Waals surface area contributed by atoms with E-state index in [1.54, 1.807) is 31.2 Å². The van der Waals surface area contributed by atoms with Crippen LogP contribution in [0.5, 0.6) is 0 Å². The molecule has 3 heterocycles. The van der Waals surface area contributed by atoms with Crippen molar-refractivity contribution in [1.82, 2.24) is 14.6 Å². The number of hydrogen-bond donors (Lipinski definition) is 1.